The second-order valence-corrected chi connectivity index (χ2v) is 4.45. The predicted octanol–water partition coefficient (Wildman–Crippen LogP) is 0.873. The topological polar surface area (TPSA) is 43.4 Å². The summed E-state index contributed by atoms with van der Waals surface area (Å²) in [7, 11) is 0. The second-order valence-electron chi connectivity index (χ2n) is 4.45. The monoisotopic (exact) mass is 268 g/mol. The van der Waals surface area contributed by atoms with E-state index in [1.54, 1.807) is 0 Å². The molecule has 2 bridgehead atoms. The standard InChI is InChI=1S/C10H11O3.Y/c1-10-3-2-7(13-10)8-5(11)4-6(12)9(8)10;/h8-9H,2-4H2,1H3;/q-1;. The molecule has 2 aliphatic heterocycles. The normalized spacial score (nSPS) is 45.5. The molecule has 3 fully saturated rings. The van der Waals surface area contributed by atoms with Crippen molar-refractivity contribution in [3.05, 3.63) is 6.10 Å². The second kappa shape index (κ2) is 3.20. The fourth-order valence-corrected chi connectivity index (χ4v) is 3.03. The molecule has 73 valence electrons. The van der Waals surface area contributed by atoms with Crippen LogP contribution in [0.1, 0.15) is 26.2 Å². The first-order valence-electron chi connectivity index (χ1n) is 4.72. The van der Waals surface area contributed by atoms with Crippen LogP contribution in [0.5, 0.6) is 0 Å². The molecule has 3 unspecified atom stereocenters. The molecule has 4 heteroatoms. The third kappa shape index (κ3) is 1.15. The van der Waals surface area contributed by atoms with Crippen molar-refractivity contribution in [2.75, 3.05) is 0 Å². The van der Waals surface area contributed by atoms with Crippen LogP contribution < -0.4 is 0 Å². The van der Waals surface area contributed by atoms with E-state index in [-0.39, 0.29) is 68.1 Å². The molecule has 0 aromatic rings. The minimum absolute atomic E-state index is 0. The summed E-state index contributed by atoms with van der Waals surface area (Å²) in [6.07, 6.45) is 2.79. The van der Waals surface area contributed by atoms with Crippen LogP contribution in [0.15, 0.2) is 0 Å². The largest absolute Gasteiger partial charge is 0.543 e. The van der Waals surface area contributed by atoms with Gasteiger partial charge in [-0.15, -0.1) is 0 Å². The molecule has 2 saturated heterocycles. The zero-order valence-corrected chi connectivity index (χ0v) is 10.9. The van der Waals surface area contributed by atoms with Crippen molar-refractivity contribution in [2.45, 2.75) is 31.8 Å². The van der Waals surface area contributed by atoms with E-state index < -0.39 is 0 Å². The average Bonchev–Trinajstić information content (AvgIpc) is 2.62. The smallest absolute Gasteiger partial charge is 0.144 e. The zero-order valence-electron chi connectivity index (χ0n) is 8.08. The number of hydrogen-bond acceptors (Lipinski definition) is 3. The van der Waals surface area contributed by atoms with E-state index in [1.165, 1.54) is 0 Å². The summed E-state index contributed by atoms with van der Waals surface area (Å²) in [6.45, 7) is 1.96. The van der Waals surface area contributed by atoms with E-state index >= 15 is 0 Å². The summed E-state index contributed by atoms with van der Waals surface area (Å²) in [5, 5.41) is 0. The van der Waals surface area contributed by atoms with Gasteiger partial charge in [-0.25, -0.2) is 0 Å². The van der Waals surface area contributed by atoms with Crippen molar-refractivity contribution < 1.29 is 47.0 Å². The van der Waals surface area contributed by atoms with Gasteiger partial charge in [0.1, 0.15) is 11.6 Å². The molecule has 3 aliphatic rings. The average molecular weight is 268 g/mol. The van der Waals surface area contributed by atoms with Crippen LogP contribution in [0.3, 0.4) is 0 Å². The number of carbonyl (C=O) groups is 2. The molecule has 0 N–H and O–H groups in total. The Morgan fingerprint density at radius 3 is 2.79 bits per heavy atom. The van der Waals surface area contributed by atoms with Crippen LogP contribution in [0, 0.1) is 17.9 Å². The summed E-state index contributed by atoms with van der Waals surface area (Å²) in [6, 6.07) is 0. The third-order valence-corrected chi connectivity index (χ3v) is 3.61. The summed E-state index contributed by atoms with van der Waals surface area (Å²) >= 11 is 0. The van der Waals surface area contributed by atoms with E-state index in [4.69, 9.17) is 4.74 Å². The van der Waals surface area contributed by atoms with E-state index in [9.17, 15) is 9.59 Å². The summed E-state index contributed by atoms with van der Waals surface area (Å²) in [5.74, 6) is -0.157. The van der Waals surface area contributed by atoms with Crippen molar-refractivity contribution in [1.29, 1.82) is 0 Å². The van der Waals surface area contributed by atoms with Crippen molar-refractivity contribution >= 4 is 11.6 Å². The first kappa shape index (κ1) is 10.9. The number of ketones is 2. The fourth-order valence-electron chi connectivity index (χ4n) is 3.03. The van der Waals surface area contributed by atoms with Gasteiger partial charge < -0.3 is 9.53 Å². The zero-order chi connectivity index (χ0) is 9.22. The Labute approximate surface area is 108 Å². The molecule has 0 aromatic carbocycles. The van der Waals surface area contributed by atoms with Gasteiger partial charge in [-0.3, -0.25) is 4.79 Å². The Morgan fingerprint density at radius 2 is 2.14 bits per heavy atom. The minimum atomic E-state index is -0.344. The molecule has 0 aromatic heterocycles. The van der Waals surface area contributed by atoms with Gasteiger partial charge in [0.25, 0.3) is 0 Å². The first-order valence-corrected chi connectivity index (χ1v) is 4.72. The van der Waals surface area contributed by atoms with E-state index in [0.29, 0.717) is 0 Å². The Bertz CT molecular complexity index is 314. The maximum atomic E-state index is 11.5. The summed E-state index contributed by atoms with van der Waals surface area (Å²) in [4.78, 5) is 23.0. The minimum Gasteiger partial charge on any atom is -0.543 e. The van der Waals surface area contributed by atoms with Gasteiger partial charge in [0.05, 0.1) is 6.42 Å². The molecule has 3 atom stereocenters. The van der Waals surface area contributed by atoms with Gasteiger partial charge in [0.15, 0.2) is 0 Å². The molecule has 3 nitrogen and oxygen atoms in total. The number of Topliss-reactive ketones (excluding diaryl/α,β-unsaturated/α-hetero) is 2. The Kier molecular flexibility index (Phi) is 2.49. The van der Waals surface area contributed by atoms with Gasteiger partial charge in [0, 0.05) is 44.2 Å². The molecule has 3 rings (SSSR count). The van der Waals surface area contributed by atoms with Gasteiger partial charge in [-0.1, -0.05) is 12.3 Å². The Morgan fingerprint density at radius 1 is 1.43 bits per heavy atom. The quantitative estimate of drug-likeness (QED) is 0.483. The van der Waals surface area contributed by atoms with Gasteiger partial charge in [0.2, 0.25) is 0 Å². The molecule has 0 amide bonds. The van der Waals surface area contributed by atoms with E-state index in [0.717, 1.165) is 18.9 Å². The maximum Gasteiger partial charge on any atom is 0.144 e. The van der Waals surface area contributed by atoms with Crippen molar-refractivity contribution in [2.24, 2.45) is 11.8 Å². The number of carbonyl (C=O) groups excluding carboxylic acids is 2. The predicted molar refractivity (Wildman–Crippen MR) is 43.6 cm³/mol. The van der Waals surface area contributed by atoms with Crippen molar-refractivity contribution in [3.8, 4) is 0 Å². The van der Waals surface area contributed by atoms with Crippen LogP contribution in [-0.4, -0.2) is 17.2 Å². The van der Waals surface area contributed by atoms with Gasteiger partial charge in [-0.05, 0) is 6.92 Å². The number of ether oxygens (including phenoxy) is 1. The summed E-state index contributed by atoms with van der Waals surface area (Å²) in [5.41, 5.74) is -0.344. The molecule has 1 saturated carbocycles. The molecule has 14 heavy (non-hydrogen) atoms. The molecule has 0 spiro atoms. The van der Waals surface area contributed by atoms with Crippen LogP contribution in [-0.2, 0) is 47.0 Å². The molecule has 1 radical (unpaired) electrons. The van der Waals surface area contributed by atoms with E-state index in [1.807, 2.05) is 6.92 Å². The first-order chi connectivity index (χ1) is 6.12. The molecule has 1 aliphatic carbocycles. The Balaban J connectivity index is 0.000000750. The third-order valence-electron chi connectivity index (χ3n) is 3.61. The van der Waals surface area contributed by atoms with Gasteiger partial charge in [-0.2, -0.15) is 12.5 Å². The Hall–Kier alpha value is 0.404. The molecular formula is C10H11O3Y-. The molecular weight excluding hydrogens is 257 g/mol. The van der Waals surface area contributed by atoms with Crippen molar-refractivity contribution in [3.63, 3.8) is 0 Å². The summed E-state index contributed by atoms with van der Waals surface area (Å²) < 4.78 is 5.64. The van der Waals surface area contributed by atoms with Crippen LogP contribution in [0.25, 0.3) is 0 Å². The van der Waals surface area contributed by atoms with Crippen molar-refractivity contribution in [1.82, 2.24) is 0 Å². The number of rotatable bonds is 0. The SMILES string of the molecule is CC12CC[C-](O1)C1C(=O)CC(=O)C12.[Y]. The van der Waals surface area contributed by atoms with Gasteiger partial charge >= 0.3 is 0 Å². The number of fused-ring (bicyclic) bond motifs is 5. The van der Waals surface area contributed by atoms with Crippen LogP contribution in [0.4, 0.5) is 0 Å². The fraction of sp³-hybridized carbons (Fsp3) is 0.700. The number of hydrogen-bond donors (Lipinski definition) is 0. The van der Waals surface area contributed by atoms with E-state index in [2.05, 4.69) is 0 Å². The van der Waals surface area contributed by atoms with Crippen LogP contribution >= 0.6 is 0 Å². The molecule has 2 heterocycles. The maximum absolute atomic E-state index is 11.5. The van der Waals surface area contributed by atoms with Crippen LogP contribution in [0.2, 0.25) is 0 Å².